The minimum absolute atomic E-state index is 0.0656. The monoisotopic (exact) mass is 229 g/mol. The zero-order valence-corrected chi connectivity index (χ0v) is 10.6. The fraction of sp³-hybridized carbons (Fsp3) is 0.818. The summed E-state index contributed by atoms with van der Waals surface area (Å²) in [5.74, 6) is -0.183. The minimum Gasteiger partial charge on any atom is -0.358 e. The molecular formula is C11H23N3O2. The predicted molar refractivity (Wildman–Crippen MR) is 64.0 cm³/mol. The summed E-state index contributed by atoms with van der Waals surface area (Å²) >= 11 is 0. The molecule has 0 fully saturated rings. The first kappa shape index (κ1) is 14.9. The molecule has 0 saturated carbocycles. The van der Waals surface area contributed by atoms with Crippen molar-refractivity contribution in [1.29, 1.82) is 0 Å². The van der Waals surface area contributed by atoms with Gasteiger partial charge in [0.15, 0.2) is 0 Å². The second-order valence-corrected chi connectivity index (χ2v) is 3.87. The summed E-state index contributed by atoms with van der Waals surface area (Å²) in [6, 6.07) is -0.721. The maximum Gasteiger partial charge on any atom is 0.236 e. The van der Waals surface area contributed by atoms with E-state index in [9.17, 15) is 9.59 Å². The molecule has 0 aromatic carbocycles. The van der Waals surface area contributed by atoms with Crippen LogP contribution in [0.5, 0.6) is 0 Å². The Balaban J connectivity index is 3.90. The van der Waals surface area contributed by atoms with Gasteiger partial charge in [-0.1, -0.05) is 13.3 Å². The molecule has 0 radical (unpaired) electrons. The first-order valence-electron chi connectivity index (χ1n) is 5.78. The summed E-state index contributed by atoms with van der Waals surface area (Å²) in [4.78, 5) is 22.8. The largest absolute Gasteiger partial charge is 0.358 e. The molecule has 0 bridgehead atoms. The number of unbranched alkanes of at least 4 members (excludes halogenated alkanes) is 1. The van der Waals surface area contributed by atoms with E-state index in [2.05, 4.69) is 22.9 Å². The molecule has 2 atom stereocenters. The van der Waals surface area contributed by atoms with E-state index < -0.39 is 0 Å². The third-order valence-corrected chi connectivity index (χ3v) is 2.36. The van der Waals surface area contributed by atoms with E-state index in [4.69, 9.17) is 0 Å². The highest BCUT2D eigenvalue weighted by molar-refractivity contribution is 5.84. The summed E-state index contributed by atoms with van der Waals surface area (Å²) in [5.41, 5.74) is 0. The Hall–Kier alpha value is -1.10. The summed E-state index contributed by atoms with van der Waals surface area (Å²) in [6.07, 6.45) is 2.03. The van der Waals surface area contributed by atoms with Crippen LogP contribution in [0.2, 0.25) is 0 Å². The Morgan fingerprint density at radius 3 is 2.19 bits per heavy atom. The lowest BCUT2D eigenvalue weighted by Gasteiger charge is -2.18. The third kappa shape index (κ3) is 5.70. The number of carbonyl (C=O) groups excluding carboxylic acids is 2. The molecule has 2 amide bonds. The van der Waals surface area contributed by atoms with Gasteiger partial charge in [-0.15, -0.1) is 0 Å². The van der Waals surface area contributed by atoms with Gasteiger partial charge in [0.25, 0.3) is 0 Å². The highest BCUT2D eigenvalue weighted by Gasteiger charge is 2.18. The molecule has 0 aliphatic heterocycles. The second-order valence-electron chi connectivity index (χ2n) is 3.87. The van der Waals surface area contributed by atoms with Gasteiger partial charge in [-0.25, -0.2) is 0 Å². The maximum atomic E-state index is 11.6. The highest BCUT2D eigenvalue weighted by Crippen LogP contribution is 1.89. The number of likely N-dealkylation sites (N-methyl/N-ethyl adjacent to an activating group) is 1. The molecule has 0 aliphatic carbocycles. The van der Waals surface area contributed by atoms with Crippen molar-refractivity contribution in [1.82, 2.24) is 16.0 Å². The molecule has 0 rings (SSSR count). The highest BCUT2D eigenvalue weighted by atomic mass is 16.2. The maximum absolute atomic E-state index is 11.6. The minimum atomic E-state index is -0.364. The molecular weight excluding hydrogens is 206 g/mol. The van der Waals surface area contributed by atoms with Crippen molar-refractivity contribution in [2.24, 2.45) is 0 Å². The number of carbonyl (C=O) groups is 2. The standard InChI is InChI=1S/C11H23N3O2/c1-5-6-7-13-11(16)9(3)14-8(2)10(15)12-4/h8-9,14H,5-7H2,1-4H3,(H,12,15)(H,13,16). The van der Waals surface area contributed by atoms with E-state index in [1.807, 2.05) is 0 Å². The van der Waals surface area contributed by atoms with Crippen LogP contribution in [0.4, 0.5) is 0 Å². The van der Waals surface area contributed by atoms with Crippen molar-refractivity contribution in [3.8, 4) is 0 Å². The van der Waals surface area contributed by atoms with E-state index in [0.29, 0.717) is 6.54 Å². The van der Waals surface area contributed by atoms with Crippen LogP contribution in [0.15, 0.2) is 0 Å². The van der Waals surface area contributed by atoms with E-state index in [1.54, 1.807) is 20.9 Å². The summed E-state index contributed by atoms with van der Waals surface area (Å²) in [5, 5.41) is 8.27. The van der Waals surface area contributed by atoms with Gasteiger partial charge in [-0.05, 0) is 20.3 Å². The lowest BCUT2D eigenvalue weighted by Crippen LogP contribution is -2.50. The van der Waals surface area contributed by atoms with Crippen LogP contribution in [-0.4, -0.2) is 37.5 Å². The topological polar surface area (TPSA) is 70.2 Å². The van der Waals surface area contributed by atoms with Gasteiger partial charge in [-0.2, -0.15) is 0 Å². The third-order valence-electron chi connectivity index (χ3n) is 2.36. The zero-order valence-electron chi connectivity index (χ0n) is 10.6. The molecule has 0 heterocycles. The summed E-state index contributed by atoms with van der Waals surface area (Å²) < 4.78 is 0. The molecule has 0 aliphatic rings. The predicted octanol–water partition coefficient (Wildman–Crippen LogP) is 0.0153. The van der Waals surface area contributed by atoms with E-state index in [0.717, 1.165) is 12.8 Å². The normalized spacial score (nSPS) is 14.0. The van der Waals surface area contributed by atoms with E-state index in [1.165, 1.54) is 0 Å². The molecule has 3 N–H and O–H groups in total. The van der Waals surface area contributed by atoms with Crippen molar-refractivity contribution in [2.45, 2.75) is 45.7 Å². The summed E-state index contributed by atoms with van der Waals surface area (Å²) in [6.45, 7) is 6.24. The van der Waals surface area contributed by atoms with Gasteiger partial charge in [0.1, 0.15) is 0 Å². The number of amides is 2. The van der Waals surface area contributed by atoms with Gasteiger partial charge in [0.05, 0.1) is 12.1 Å². The number of hydrogen-bond acceptors (Lipinski definition) is 3. The van der Waals surface area contributed by atoms with Crippen molar-refractivity contribution in [2.75, 3.05) is 13.6 Å². The van der Waals surface area contributed by atoms with Crippen LogP contribution in [0.1, 0.15) is 33.6 Å². The molecule has 16 heavy (non-hydrogen) atoms. The van der Waals surface area contributed by atoms with Gasteiger partial charge >= 0.3 is 0 Å². The lowest BCUT2D eigenvalue weighted by atomic mass is 10.2. The smallest absolute Gasteiger partial charge is 0.236 e. The Morgan fingerprint density at radius 2 is 1.69 bits per heavy atom. The van der Waals surface area contributed by atoms with Gasteiger partial charge < -0.3 is 10.6 Å². The molecule has 0 spiro atoms. The Labute approximate surface area is 97.4 Å². The van der Waals surface area contributed by atoms with Gasteiger partial charge in [0.2, 0.25) is 11.8 Å². The average Bonchev–Trinajstić information content (AvgIpc) is 2.27. The Bertz CT molecular complexity index is 231. The fourth-order valence-corrected chi connectivity index (χ4v) is 1.28. The van der Waals surface area contributed by atoms with E-state index >= 15 is 0 Å². The van der Waals surface area contributed by atoms with Crippen molar-refractivity contribution >= 4 is 11.8 Å². The molecule has 94 valence electrons. The Morgan fingerprint density at radius 1 is 1.12 bits per heavy atom. The van der Waals surface area contributed by atoms with Crippen LogP contribution in [0.3, 0.4) is 0 Å². The van der Waals surface area contributed by atoms with Crippen molar-refractivity contribution in [3.05, 3.63) is 0 Å². The molecule has 5 nitrogen and oxygen atoms in total. The van der Waals surface area contributed by atoms with Crippen molar-refractivity contribution < 1.29 is 9.59 Å². The van der Waals surface area contributed by atoms with Crippen LogP contribution in [-0.2, 0) is 9.59 Å². The number of hydrogen-bond donors (Lipinski definition) is 3. The van der Waals surface area contributed by atoms with Crippen LogP contribution in [0, 0.1) is 0 Å². The molecule has 2 unspecified atom stereocenters. The zero-order chi connectivity index (χ0) is 12.6. The van der Waals surface area contributed by atoms with Crippen LogP contribution < -0.4 is 16.0 Å². The van der Waals surface area contributed by atoms with Gasteiger partial charge in [-0.3, -0.25) is 14.9 Å². The number of nitrogens with one attached hydrogen (secondary N) is 3. The number of rotatable bonds is 7. The molecule has 5 heteroatoms. The van der Waals surface area contributed by atoms with Crippen LogP contribution in [0.25, 0.3) is 0 Å². The first-order chi connectivity index (χ1) is 7.52. The SMILES string of the molecule is CCCCNC(=O)C(C)NC(C)C(=O)NC. The average molecular weight is 229 g/mol. The molecule has 0 aromatic heterocycles. The van der Waals surface area contributed by atoms with Crippen LogP contribution >= 0.6 is 0 Å². The Kier molecular flexibility index (Phi) is 7.54. The van der Waals surface area contributed by atoms with E-state index in [-0.39, 0.29) is 23.9 Å². The molecule has 0 saturated heterocycles. The quantitative estimate of drug-likeness (QED) is 0.539. The summed E-state index contributed by atoms with van der Waals surface area (Å²) in [7, 11) is 1.58. The first-order valence-corrected chi connectivity index (χ1v) is 5.78. The van der Waals surface area contributed by atoms with Gasteiger partial charge in [0, 0.05) is 13.6 Å². The fourth-order valence-electron chi connectivity index (χ4n) is 1.28. The molecule has 0 aromatic rings. The van der Waals surface area contributed by atoms with Crippen molar-refractivity contribution in [3.63, 3.8) is 0 Å². The second kappa shape index (κ2) is 8.10. The lowest BCUT2D eigenvalue weighted by molar-refractivity contribution is -0.124.